The molecular formula is C34H45ClN6O4. The number of amides is 1. The smallest absolute Gasteiger partial charge is 0.320 e. The minimum Gasteiger partial charge on any atom is -0.489 e. The lowest BCUT2D eigenvalue weighted by molar-refractivity contribution is -0.164. The van der Waals surface area contributed by atoms with Gasteiger partial charge in [0.2, 0.25) is 0 Å². The lowest BCUT2D eigenvalue weighted by Gasteiger charge is -2.63. The average molecular weight is 637 g/mol. The Kier molecular flexibility index (Phi) is 9.11. The van der Waals surface area contributed by atoms with E-state index >= 15 is 0 Å². The molecule has 3 fully saturated rings. The van der Waals surface area contributed by atoms with Crippen molar-refractivity contribution in [3.05, 3.63) is 52.7 Å². The fourth-order valence-electron chi connectivity index (χ4n) is 7.29. The highest BCUT2D eigenvalue weighted by atomic mass is 35.5. The molecule has 45 heavy (non-hydrogen) atoms. The average Bonchev–Trinajstić information content (AvgIpc) is 2.95. The second-order valence-corrected chi connectivity index (χ2v) is 15.1. The van der Waals surface area contributed by atoms with E-state index in [1.807, 2.05) is 32.9 Å². The molecule has 3 heterocycles. The molecule has 0 unspecified atom stereocenters. The molecule has 0 spiro atoms. The van der Waals surface area contributed by atoms with E-state index in [1.54, 1.807) is 24.4 Å². The van der Waals surface area contributed by atoms with Crippen LogP contribution in [-0.4, -0.2) is 96.3 Å². The first-order chi connectivity index (χ1) is 21.1. The Hall–Kier alpha value is -3.39. The van der Waals surface area contributed by atoms with Crippen molar-refractivity contribution in [2.24, 2.45) is 10.8 Å². The summed E-state index contributed by atoms with van der Waals surface area (Å²) >= 11 is 6.22. The summed E-state index contributed by atoms with van der Waals surface area (Å²) in [5, 5.41) is 12.8. The number of nitrogens with zero attached hydrogens (tertiary/aromatic N) is 5. The van der Waals surface area contributed by atoms with Gasteiger partial charge in [0.1, 0.15) is 29.3 Å². The number of esters is 1. The maximum atomic E-state index is 13.3. The largest absolute Gasteiger partial charge is 0.489 e. The number of carbonyl (C=O) groups excluding carboxylic acids is 2. The monoisotopic (exact) mass is 636 g/mol. The van der Waals surface area contributed by atoms with Crippen LogP contribution < -0.4 is 15.0 Å². The molecule has 1 aromatic carbocycles. The summed E-state index contributed by atoms with van der Waals surface area (Å²) < 4.78 is 11.8. The van der Waals surface area contributed by atoms with Gasteiger partial charge in [-0.15, -0.1) is 0 Å². The zero-order valence-corrected chi connectivity index (χ0v) is 28.1. The molecule has 5 rings (SSSR count). The highest BCUT2D eigenvalue weighted by Gasteiger charge is 2.64. The predicted molar refractivity (Wildman–Crippen MR) is 173 cm³/mol. The van der Waals surface area contributed by atoms with Crippen LogP contribution in [0.25, 0.3) is 0 Å². The standard InChI is InChI=1S/C34H45ClN6O4/c1-32(2,3)45-28(42)21-39-19-24(20-39)40-12-14-41(15-13-40)27-11-9-23(18-37-27)29(43)38-30-33(4,5)31(34(30,6)7)44-25-10-8-22(17-36)26(35)16-25/h8-11,16,18,24,30-31H,12-15,19-21H2,1-7H3,(H,38,43)/t30-,31-. The van der Waals surface area contributed by atoms with E-state index in [-0.39, 0.29) is 34.9 Å². The third-order valence-corrected chi connectivity index (χ3v) is 9.62. The molecule has 1 aromatic heterocycles. The SMILES string of the molecule is CC(C)(C)OC(=O)CN1CC(N2CCN(c3ccc(C(=O)N[C@H]4C(C)(C)[C@H](Oc5ccc(C#N)c(Cl)c5)C4(C)C)cn3)CC2)C1. The molecule has 3 aliphatic rings. The summed E-state index contributed by atoms with van der Waals surface area (Å²) in [6.07, 6.45) is 1.48. The summed E-state index contributed by atoms with van der Waals surface area (Å²) in [4.78, 5) is 36.9. The van der Waals surface area contributed by atoms with E-state index < -0.39 is 5.60 Å². The molecule has 10 nitrogen and oxygen atoms in total. The third-order valence-electron chi connectivity index (χ3n) is 9.31. The Morgan fingerprint density at radius 2 is 1.73 bits per heavy atom. The highest BCUT2D eigenvalue weighted by molar-refractivity contribution is 6.31. The van der Waals surface area contributed by atoms with E-state index in [9.17, 15) is 9.59 Å². The zero-order chi connectivity index (χ0) is 32.7. The topological polar surface area (TPSA) is 111 Å². The summed E-state index contributed by atoms with van der Waals surface area (Å²) in [5.74, 6) is 1.14. The van der Waals surface area contributed by atoms with Gasteiger partial charge in [-0.05, 0) is 45.0 Å². The minimum atomic E-state index is -0.456. The molecule has 2 aliphatic heterocycles. The fourth-order valence-corrected chi connectivity index (χ4v) is 7.51. The van der Waals surface area contributed by atoms with Crippen LogP contribution in [-0.2, 0) is 9.53 Å². The van der Waals surface area contributed by atoms with Crippen LogP contribution in [0.2, 0.25) is 5.02 Å². The van der Waals surface area contributed by atoms with Crippen molar-refractivity contribution in [1.82, 2.24) is 20.1 Å². The van der Waals surface area contributed by atoms with E-state index in [0.717, 1.165) is 45.1 Å². The van der Waals surface area contributed by atoms with Crippen LogP contribution in [0.5, 0.6) is 5.75 Å². The normalized spacial score (nSPS) is 23.3. The molecule has 0 bridgehead atoms. The van der Waals surface area contributed by atoms with Crippen molar-refractivity contribution in [3.63, 3.8) is 0 Å². The number of aromatic nitrogens is 1. The first-order valence-electron chi connectivity index (χ1n) is 15.6. The number of hydrogen-bond donors (Lipinski definition) is 1. The van der Waals surface area contributed by atoms with E-state index in [2.05, 4.69) is 58.8 Å². The van der Waals surface area contributed by atoms with Gasteiger partial charge in [0.15, 0.2) is 0 Å². The van der Waals surface area contributed by atoms with Crippen LogP contribution >= 0.6 is 11.6 Å². The number of nitrogens with one attached hydrogen (secondary N) is 1. The van der Waals surface area contributed by atoms with E-state index in [0.29, 0.717) is 34.5 Å². The van der Waals surface area contributed by atoms with Gasteiger partial charge >= 0.3 is 5.97 Å². The van der Waals surface area contributed by atoms with Gasteiger partial charge in [-0.2, -0.15) is 5.26 Å². The molecule has 2 saturated heterocycles. The number of ether oxygens (including phenoxy) is 2. The van der Waals surface area contributed by atoms with Crippen molar-refractivity contribution in [2.45, 2.75) is 72.3 Å². The predicted octanol–water partition coefficient (Wildman–Crippen LogP) is 4.37. The molecule has 1 aliphatic carbocycles. The van der Waals surface area contributed by atoms with Crippen molar-refractivity contribution in [2.75, 3.05) is 50.7 Å². The second-order valence-electron chi connectivity index (χ2n) is 14.7. The summed E-state index contributed by atoms with van der Waals surface area (Å²) in [5.41, 5.74) is -0.227. The van der Waals surface area contributed by atoms with Crippen LogP contribution in [0.3, 0.4) is 0 Å². The van der Waals surface area contributed by atoms with Gasteiger partial charge in [0.05, 0.1) is 22.7 Å². The van der Waals surface area contributed by atoms with Gasteiger partial charge in [0, 0.05) is 74.4 Å². The zero-order valence-electron chi connectivity index (χ0n) is 27.4. The van der Waals surface area contributed by atoms with Crippen LogP contribution in [0.15, 0.2) is 36.5 Å². The molecular weight excluding hydrogens is 592 g/mol. The van der Waals surface area contributed by atoms with Crippen LogP contribution in [0.4, 0.5) is 5.82 Å². The molecule has 0 radical (unpaired) electrons. The van der Waals surface area contributed by atoms with Gasteiger partial charge in [-0.1, -0.05) is 39.3 Å². The van der Waals surface area contributed by atoms with Crippen molar-refractivity contribution in [1.29, 1.82) is 5.26 Å². The Labute approximate surface area is 271 Å². The lowest BCUT2D eigenvalue weighted by Crippen LogP contribution is -2.74. The highest BCUT2D eigenvalue weighted by Crippen LogP contribution is 2.55. The number of benzene rings is 1. The van der Waals surface area contributed by atoms with Gasteiger partial charge in [0.25, 0.3) is 5.91 Å². The summed E-state index contributed by atoms with van der Waals surface area (Å²) in [6.45, 7) is 19.7. The maximum absolute atomic E-state index is 13.3. The number of hydrogen-bond acceptors (Lipinski definition) is 9. The van der Waals surface area contributed by atoms with Crippen molar-refractivity contribution in [3.8, 4) is 11.8 Å². The molecule has 1 N–H and O–H groups in total. The number of rotatable bonds is 8. The molecule has 1 amide bonds. The number of pyridine rings is 1. The molecule has 2 aromatic rings. The fraction of sp³-hybridized carbons (Fsp3) is 0.588. The van der Waals surface area contributed by atoms with Gasteiger partial charge in [-0.3, -0.25) is 19.4 Å². The molecule has 11 heteroatoms. The Morgan fingerprint density at radius 1 is 1.07 bits per heavy atom. The second kappa shape index (κ2) is 12.4. The Balaban J connectivity index is 1.09. The molecule has 1 saturated carbocycles. The van der Waals surface area contributed by atoms with Crippen LogP contribution in [0.1, 0.15) is 64.4 Å². The minimum absolute atomic E-state index is 0.129. The summed E-state index contributed by atoms with van der Waals surface area (Å²) in [6, 6.07) is 11.2. The maximum Gasteiger partial charge on any atom is 0.320 e. The number of nitriles is 1. The van der Waals surface area contributed by atoms with E-state index in [1.165, 1.54) is 0 Å². The quantitative estimate of drug-likeness (QED) is 0.422. The van der Waals surface area contributed by atoms with Gasteiger partial charge in [-0.25, -0.2) is 4.98 Å². The van der Waals surface area contributed by atoms with Crippen LogP contribution in [0, 0.1) is 22.2 Å². The molecule has 242 valence electrons. The van der Waals surface area contributed by atoms with Gasteiger partial charge < -0.3 is 19.7 Å². The van der Waals surface area contributed by atoms with E-state index in [4.69, 9.17) is 26.3 Å². The van der Waals surface area contributed by atoms with Crippen molar-refractivity contribution >= 4 is 29.3 Å². The first kappa shape index (κ1) is 33.0. The number of piperazine rings is 1. The lowest BCUT2D eigenvalue weighted by atomic mass is 9.49. The summed E-state index contributed by atoms with van der Waals surface area (Å²) in [7, 11) is 0. The Morgan fingerprint density at radius 3 is 2.29 bits per heavy atom. The third kappa shape index (κ3) is 7.06. The Bertz CT molecular complexity index is 1430. The number of carbonyl (C=O) groups is 2. The number of anilines is 1. The first-order valence-corrected chi connectivity index (χ1v) is 16.0. The van der Waals surface area contributed by atoms with Crippen molar-refractivity contribution < 1.29 is 19.1 Å². The number of halogens is 1. The number of likely N-dealkylation sites (tertiary alicyclic amines) is 1. The molecule has 0 atom stereocenters.